The molecule has 0 aromatic heterocycles. The van der Waals surface area contributed by atoms with Crippen molar-refractivity contribution >= 4 is 11.9 Å². The molecule has 0 aromatic carbocycles. The van der Waals surface area contributed by atoms with E-state index in [1.165, 1.54) is 437 Å². The summed E-state index contributed by atoms with van der Waals surface area (Å²) < 4.78 is 5.51. The van der Waals surface area contributed by atoms with Gasteiger partial charge in [0.25, 0.3) is 0 Å². The Labute approximate surface area is 590 Å². The molecule has 2 unspecified atom stereocenters. The molecule has 1 amide bonds. The number of hydrogen-bond donors (Lipinski definition) is 3. The standard InChI is InChI=1S/C88H173NO5/c1-3-5-7-9-11-13-15-17-19-21-22-23-24-40-43-46-49-52-56-60-64-68-72-76-80-86(91)85(84-90)89-87(92)81-77-73-69-65-61-57-53-50-47-44-41-38-36-34-32-30-28-26-25-27-29-31-33-35-37-39-42-45-48-51-55-59-63-67-71-75-79-83-94-88(93)82-78-74-70-66-62-58-54-20-18-16-14-12-10-8-6-4-2/h20,54,85-86,90-91H,3-19,21-53,55-84H2,1-2H3,(H,89,92)/b54-20-. The summed E-state index contributed by atoms with van der Waals surface area (Å²) >= 11 is 0. The molecule has 0 aliphatic heterocycles. The summed E-state index contributed by atoms with van der Waals surface area (Å²) in [5.74, 6) is -0.00506. The molecule has 0 aliphatic carbocycles. The Hall–Kier alpha value is -1.40. The van der Waals surface area contributed by atoms with Crippen molar-refractivity contribution in [2.24, 2.45) is 0 Å². The monoisotopic (exact) mass is 1320 g/mol. The number of nitrogens with one attached hydrogen (secondary N) is 1. The van der Waals surface area contributed by atoms with Gasteiger partial charge in [-0.2, -0.15) is 0 Å². The van der Waals surface area contributed by atoms with Gasteiger partial charge in [0, 0.05) is 12.8 Å². The van der Waals surface area contributed by atoms with Crippen LogP contribution in [0.4, 0.5) is 0 Å². The Morgan fingerprint density at radius 1 is 0.287 bits per heavy atom. The van der Waals surface area contributed by atoms with Crippen LogP contribution in [0.1, 0.15) is 515 Å². The molecule has 0 saturated heterocycles. The van der Waals surface area contributed by atoms with Crippen molar-refractivity contribution < 1.29 is 24.5 Å². The van der Waals surface area contributed by atoms with Crippen LogP contribution < -0.4 is 5.32 Å². The van der Waals surface area contributed by atoms with Gasteiger partial charge in [-0.1, -0.05) is 463 Å². The Morgan fingerprint density at radius 2 is 0.500 bits per heavy atom. The highest BCUT2D eigenvalue weighted by atomic mass is 16.5. The number of carbonyl (C=O) groups is 2. The minimum Gasteiger partial charge on any atom is -0.466 e. The SMILES string of the molecule is CCCCCCCCC/C=C\CCCCCCCC(=O)OCCCCCCCCCCCCCCCCCCCCCCCCCCCCCCCCCCCCCCCC(=O)NC(CO)C(O)CCCCCCCCCCCCCCCCCCCCCCCCCC. The molecule has 0 rings (SSSR count). The summed E-state index contributed by atoms with van der Waals surface area (Å²) in [5.41, 5.74) is 0. The van der Waals surface area contributed by atoms with E-state index >= 15 is 0 Å². The summed E-state index contributed by atoms with van der Waals surface area (Å²) in [6, 6.07) is -0.538. The van der Waals surface area contributed by atoms with Crippen molar-refractivity contribution in [1.82, 2.24) is 5.32 Å². The lowest BCUT2D eigenvalue weighted by atomic mass is 10.0. The Kier molecular flexibility index (Phi) is 82.8. The molecule has 6 heteroatoms. The molecular weight excluding hydrogens is 1150 g/mol. The molecule has 94 heavy (non-hydrogen) atoms. The van der Waals surface area contributed by atoms with Crippen LogP contribution in [-0.2, 0) is 14.3 Å². The third kappa shape index (κ3) is 79.6. The van der Waals surface area contributed by atoms with Crippen LogP contribution in [0.3, 0.4) is 0 Å². The van der Waals surface area contributed by atoms with Crippen LogP contribution in [0.5, 0.6) is 0 Å². The summed E-state index contributed by atoms with van der Waals surface area (Å²) in [5, 5.41) is 23.5. The van der Waals surface area contributed by atoms with Gasteiger partial charge >= 0.3 is 5.97 Å². The number of amides is 1. The van der Waals surface area contributed by atoms with Gasteiger partial charge in [-0.15, -0.1) is 0 Å². The normalized spacial score (nSPS) is 12.4. The van der Waals surface area contributed by atoms with Crippen molar-refractivity contribution in [1.29, 1.82) is 0 Å². The lowest BCUT2D eigenvalue weighted by Crippen LogP contribution is -2.45. The number of carbonyl (C=O) groups excluding carboxylic acids is 2. The molecule has 6 nitrogen and oxygen atoms in total. The maximum Gasteiger partial charge on any atom is 0.305 e. The fourth-order valence-corrected chi connectivity index (χ4v) is 14.4. The average Bonchev–Trinajstić information content (AvgIpc) is 3.79. The van der Waals surface area contributed by atoms with E-state index in [2.05, 4.69) is 31.3 Å². The largest absolute Gasteiger partial charge is 0.466 e. The van der Waals surface area contributed by atoms with Crippen molar-refractivity contribution in [3.05, 3.63) is 12.2 Å². The Balaban J connectivity index is 3.30. The van der Waals surface area contributed by atoms with E-state index in [9.17, 15) is 19.8 Å². The molecule has 0 heterocycles. The van der Waals surface area contributed by atoms with Crippen LogP contribution in [0.2, 0.25) is 0 Å². The summed E-state index contributed by atoms with van der Waals surface area (Å²) in [6.45, 7) is 5.01. The summed E-state index contributed by atoms with van der Waals surface area (Å²) in [7, 11) is 0. The molecule has 0 radical (unpaired) electrons. The number of unbranched alkanes of at least 4 members (excludes halogenated alkanes) is 71. The van der Waals surface area contributed by atoms with E-state index in [4.69, 9.17) is 4.74 Å². The van der Waals surface area contributed by atoms with E-state index < -0.39 is 12.1 Å². The third-order valence-corrected chi connectivity index (χ3v) is 21.1. The van der Waals surface area contributed by atoms with E-state index in [1.807, 2.05) is 0 Å². The van der Waals surface area contributed by atoms with Crippen molar-refractivity contribution in [3.63, 3.8) is 0 Å². The number of aliphatic hydroxyl groups excluding tert-OH is 2. The Morgan fingerprint density at radius 3 is 0.755 bits per heavy atom. The van der Waals surface area contributed by atoms with Gasteiger partial charge in [0.1, 0.15) is 0 Å². The lowest BCUT2D eigenvalue weighted by molar-refractivity contribution is -0.143. The molecular formula is C88H173NO5. The van der Waals surface area contributed by atoms with Crippen molar-refractivity contribution in [3.8, 4) is 0 Å². The van der Waals surface area contributed by atoms with Gasteiger partial charge < -0.3 is 20.3 Å². The molecule has 0 aromatic rings. The third-order valence-electron chi connectivity index (χ3n) is 21.1. The number of ether oxygens (including phenoxy) is 1. The highest BCUT2D eigenvalue weighted by Gasteiger charge is 2.20. The second kappa shape index (κ2) is 84.0. The second-order valence-electron chi connectivity index (χ2n) is 30.6. The van der Waals surface area contributed by atoms with Gasteiger partial charge in [-0.05, 0) is 51.4 Å². The van der Waals surface area contributed by atoms with Gasteiger partial charge in [0.15, 0.2) is 0 Å². The number of hydrogen-bond acceptors (Lipinski definition) is 5. The zero-order valence-corrected chi connectivity index (χ0v) is 64.5. The predicted octanol–water partition coefficient (Wildman–Crippen LogP) is 29.4. The predicted molar refractivity (Wildman–Crippen MR) is 417 cm³/mol. The smallest absolute Gasteiger partial charge is 0.305 e. The van der Waals surface area contributed by atoms with Crippen LogP contribution in [0.25, 0.3) is 0 Å². The molecule has 0 bridgehead atoms. The average molecular weight is 1330 g/mol. The van der Waals surface area contributed by atoms with Crippen LogP contribution in [-0.4, -0.2) is 47.4 Å². The fraction of sp³-hybridized carbons (Fsp3) is 0.955. The lowest BCUT2D eigenvalue weighted by Gasteiger charge is -2.22. The molecule has 2 atom stereocenters. The maximum absolute atomic E-state index is 12.6. The van der Waals surface area contributed by atoms with Crippen LogP contribution in [0, 0.1) is 0 Å². The fourth-order valence-electron chi connectivity index (χ4n) is 14.4. The summed E-state index contributed by atoms with van der Waals surface area (Å²) in [4.78, 5) is 24.7. The first-order valence-electron chi connectivity index (χ1n) is 43.9. The summed E-state index contributed by atoms with van der Waals surface area (Å²) in [6.07, 6.45) is 108. The number of rotatable bonds is 84. The van der Waals surface area contributed by atoms with Gasteiger partial charge in [-0.25, -0.2) is 0 Å². The second-order valence-corrected chi connectivity index (χ2v) is 30.6. The molecule has 0 spiro atoms. The topological polar surface area (TPSA) is 95.9 Å². The number of aliphatic hydroxyl groups is 2. The maximum atomic E-state index is 12.6. The number of esters is 1. The van der Waals surface area contributed by atoms with Gasteiger partial charge in [0.2, 0.25) is 5.91 Å². The highest BCUT2D eigenvalue weighted by molar-refractivity contribution is 5.76. The van der Waals surface area contributed by atoms with Crippen molar-refractivity contribution in [2.45, 2.75) is 527 Å². The minimum absolute atomic E-state index is 0.0174. The molecule has 0 saturated carbocycles. The van der Waals surface area contributed by atoms with Gasteiger partial charge in [0.05, 0.1) is 25.4 Å². The molecule has 560 valence electrons. The van der Waals surface area contributed by atoms with Crippen LogP contribution in [0.15, 0.2) is 12.2 Å². The van der Waals surface area contributed by atoms with Crippen molar-refractivity contribution in [2.75, 3.05) is 13.2 Å². The van der Waals surface area contributed by atoms with Gasteiger partial charge in [-0.3, -0.25) is 9.59 Å². The highest BCUT2D eigenvalue weighted by Crippen LogP contribution is 2.21. The van der Waals surface area contributed by atoms with E-state index in [0.29, 0.717) is 25.9 Å². The van der Waals surface area contributed by atoms with E-state index in [1.54, 1.807) is 0 Å². The molecule has 3 N–H and O–H groups in total. The zero-order valence-electron chi connectivity index (χ0n) is 64.5. The number of allylic oxidation sites excluding steroid dienone is 2. The first-order valence-corrected chi connectivity index (χ1v) is 43.9. The molecule has 0 fully saturated rings. The van der Waals surface area contributed by atoms with E-state index in [0.717, 1.165) is 44.9 Å². The quantitative estimate of drug-likeness (QED) is 0.0320. The molecule has 0 aliphatic rings. The Bertz CT molecular complexity index is 1430. The first kappa shape index (κ1) is 92.6. The zero-order chi connectivity index (χ0) is 67.7. The minimum atomic E-state index is -0.661. The van der Waals surface area contributed by atoms with Crippen LogP contribution >= 0.6 is 0 Å². The van der Waals surface area contributed by atoms with E-state index in [-0.39, 0.29) is 18.5 Å². The first-order chi connectivity index (χ1) is 46.5.